The first-order valence-electron chi connectivity index (χ1n) is 6.86. The second-order valence-electron chi connectivity index (χ2n) is 5.07. The van der Waals surface area contributed by atoms with Crippen LogP contribution in [-0.2, 0) is 4.79 Å². The molecule has 0 saturated carbocycles. The van der Waals surface area contributed by atoms with E-state index in [4.69, 9.17) is 0 Å². The summed E-state index contributed by atoms with van der Waals surface area (Å²) in [5.74, 6) is -0.781. The lowest BCUT2D eigenvalue weighted by atomic mass is 9.98. The SMILES string of the molecule is CCC(C(O)c1ccccc1)N1CCCC1C(=O)O. The van der Waals surface area contributed by atoms with E-state index in [9.17, 15) is 15.0 Å². The van der Waals surface area contributed by atoms with Crippen molar-refractivity contribution >= 4 is 5.97 Å². The molecule has 1 aromatic rings. The maximum atomic E-state index is 11.3. The lowest BCUT2D eigenvalue weighted by molar-refractivity contribution is -0.143. The third-order valence-electron chi connectivity index (χ3n) is 3.93. The van der Waals surface area contributed by atoms with Crippen LogP contribution in [0.4, 0.5) is 0 Å². The molecule has 0 aromatic heterocycles. The quantitative estimate of drug-likeness (QED) is 0.853. The number of likely N-dealkylation sites (tertiary alicyclic amines) is 1. The first-order valence-corrected chi connectivity index (χ1v) is 6.86. The molecule has 104 valence electrons. The largest absolute Gasteiger partial charge is 0.480 e. The van der Waals surface area contributed by atoms with E-state index in [1.54, 1.807) is 0 Å². The fraction of sp³-hybridized carbons (Fsp3) is 0.533. The second-order valence-corrected chi connectivity index (χ2v) is 5.07. The molecule has 1 aliphatic rings. The molecule has 3 atom stereocenters. The Labute approximate surface area is 113 Å². The summed E-state index contributed by atoms with van der Waals surface area (Å²) < 4.78 is 0. The van der Waals surface area contributed by atoms with Gasteiger partial charge >= 0.3 is 5.97 Å². The number of carboxylic acid groups (broad SMARTS) is 1. The smallest absolute Gasteiger partial charge is 0.320 e. The zero-order valence-electron chi connectivity index (χ0n) is 11.2. The number of benzene rings is 1. The van der Waals surface area contributed by atoms with Crippen LogP contribution in [0.15, 0.2) is 30.3 Å². The maximum Gasteiger partial charge on any atom is 0.320 e. The monoisotopic (exact) mass is 263 g/mol. The van der Waals surface area contributed by atoms with Gasteiger partial charge in [-0.05, 0) is 31.4 Å². The fourth-order valence-electron chi connectivity index (χ4n) is 2.96. The highest BCUT2D eigenvalue weighted by atomic mass is 16.4. The second kappa shape index (κ2) is 6.17. The van der Waals surface area contributed by atoms with Crippen molar-refractivity contribution in [1.82, 2.24) is 4.90 Å². The summed E-state index contributed by atoms with van der Waals surface area (Å²) in [6.07, 6.45) is 1.66. The highest BCUT2D eigenvalue weighted by Gasteiger charge is 2.37. The fourth-order valence-corrected chi connectivity index (χ4v) is 2.96. The average molecular weight is 263 g/mol. The minimum Gasteiger partial charge on any atom is -0.480 e. The van der Waals surface area contributed by atoms with Gasteiger partial charge in [0.05, 0.1) is 6.10 Å². The molecule has 2 N–H and O–H groups in total. The Morgan fingerprint density at radius 1 is 1.42 bits per heavy atom. The number of nitrogens with zero attached hydrogens (tertiary/aromatic N) is 1. The van der Waals surface area contributed by atoms with Crippen LogP contribution in [0.5, 0.6) is 0 Å². The van der Waals surface area contributed by atoms with Gasteiger partial charge in [-0.15, -0.1) is 0 Å². The topological polar surface area (TPSA) is 60.8 Å². The molecule has 19 heavy (non-hydrogen) atoms. The standard InChI is InChI=1S/C15H21NO3/c1-2-12(14(17)11-7-4-3-5-8-11)16-10-6-9-13(16)15(18)19/h3-5,7-8,12-14,17H,2,6,9-10H2,1H3,(H,18,19). The molecule has 0 amide bonds. The van der Waals surface area contributed by atoms with Crippen LogP contribution >= 0.6 is 0 Å². The Balaban J connectivity index is 2.17. The molecule has 1 saturated heterocycles. The predicted octanol–water partition coefficient (Wildman–Crippen LogP) is 2.05. The number of carbonyl (C=O) groups is 1. The van der Waals surface area contributed by atoms with Gasteiger partial charge in [0.25, 0.3) is 0 Å². The maximum absolute atomic E-state index is 11.3. The lowest BCUT2D eigenvalue weighted by Gasteiger charge is -2.34. The Morgan fingerprint density at radius 3 is 2.68 bits per heavy atom. The molecule has 1 fully saturated rings. The van der Waals surface area contributed by atoms with Crippen LogP contribution in [0.3, 0.4) is 0 Å². The summed E-state index contributed by atoms with van der Waals surface area (Å²) in [4.78, 5) is 13.2. The van der Waals surface area contributed by atoms with E-state index in [2.05, 4.69) is 0 Å². The Kier molecular flexibility index (Phi) is 4.56. The van der Waals surface area contributed by atoms with Gasteiger partial charge in [0.1, 0.15) is 6.04 Å². The third-order valence-corrected chi connectivity index (χ3v) is 3.93. The molecule has 2 rings (SSSR count). The zero-order chi connectivity index (χ0) is 13.8. The molecule has 1 aliphatic heterocycles. The summed E-state index contributed by atoms with van der Waals surface area (Å²) in [7, 11) is 0. The summed E-state index contributed by atoms with van der Waals surface area (Å²) in [5.41, 5.74) is 0.852. The van der Waals surface area contributed by atoms with Crippen LogP contribution < -0.4 is 0 Å². The van der Waals surface area contributed by atoms with Gasteiger partial charge in [0.2, 0.25) is 0 Å². The van der Waals surface area contributed by atoms with Gasteiger partial charge in [-0.2, -0.15) is 0 Å². The summed E-state index contributed by atoms with van der Waals surface area (Å²) in [5, 5.41) is 19.8. The predicted molar refractivity (Wildman–Crippen MR) is 72.8 cm³/mol. The number of carboxylic acids is 1. The van der Waals surface area contributed by atoms with Gasteiger partial charge in [0.15, 0.2) is 0 Å². The van der Waals surface area contributed by atoms with Gasteiger partial charge in [-0.3, -0.25) is 9.69 Å². The number of aliphatic hydroxyl groups excluding tert-OH is 1. The van der Waals surface area contributed by atoms with Crippen molar-refractivity contribution in [3.63, 3.8) is 0 Å². The van der Waals surface area contributed by atoms with Crippen molar-refractivity contribution in [1.29, 1.82) is 0 Å². The van der Waals surface area contributed by atoms with Crippen LogP contribution in [0.25, 0.3) is 0 Å². The van der Waals surface area contributed by atoms with Crippen LogP contribution in [0.2, 0.25) is 0 Å². The normalized spacial score (nSPS) is 23.2. The molecule has 4 nitrogen and oxygen atoms in total. The van der Waals surface area contributed by atoms with E-state index in [0.29, 0.717) is 6.42 Å². The molecular formula is C15H21NO3. The zero-order valence-corrected chi connectivity index (χ0v) is 11.2. The van der Waals surface area contributed by atoms with E-state index in [-0.39, 0.29) is 6.04 Å². The van der Waals surface area contributed by atoms with Crippen molar-refractivity contribution in [3.05, 3.63) is 35.9 Å². The summed E-state index contributed by atoms with van der Waals surface area (Å²) in [6, 6.07) is 8.88. The molecule has 4 heteroatoms. The molecular weight excluding hydrogens is 242 g/mol. The van der Waals surface area contributed by atoms with E-state index in [0.717, 1.165) is 24.9 Å². The van der Waals surface area contributed by atoms with Crippen LogP contribution in [0.1, 0.15) is 37.9 Å². The van der Waals surface area contributed by atoms with E-state index in [1.807, 2.05) is 42.2 Å². The first-order chi connectivity index (χ1) is 9.15. The van der Waals surface area contributed by atoms with Crippen molar-refractivity contribution < 1.29 is 15.0 Å². The third kappa shape index (κ3) is 2.96. The van der Waals surface area contributed by atoms with Crippen molar-refractivity contribution in [2.75, 3.05) is 6.54 Å². The number of hydrogen-bond donors (Lipinski definition) is 2. The van der Waals surface area contributed by atoms with E-state index in [1.165, 1.54) is 0 Å². The Hall–Kier alpha value is -1.39. The van der Waals surface area contributed by atoms with Gasteiger partial charge in [0, 0.05) is 6.04 Å². The van der Waals surface area contributed by atoms with Gasteiger partial charge < -0.3 is 10.2 Å². The summed E-state index contributed by atoms with van der Waals surface area (Å²) >= 11 is 0. The Morgan fingerprint density at radius 2 is 2.11 bits per heavy atom. The van der Waals surface area contributed by atoms with Crippen molar-refractivity contribution in [3.8, 4) is 0 Å². The van der Waals surface area contributed by atoms with Crippen LogP contribution in [0, 0.1) is 0 Å². The first kappa shape index (κ1) is 14.0. The number of rotatable bonds is 5. The highest BCUT2D eigenvalue weighted by Crippen LogP contribution is 2.29. The lowest BCUT2D eigenvalue weighted by Crippen LogP contribution is -2.45. The van der Waals surface area contributed by atoms with Gasteiger partial charge in [-0.1, -0.05) is 37.3 Å². The molecule has 1 heterocycles. The molecule has 0 radical (unpaired) electrons. The molecule has 1 aromatic carbocycles. The minimum atomic E-state index is -0.781. The van der Waals surface area contributed by atoms with E-state index >= 15 is 0 Å². The van der Waals surface area contributed by atoms with Gasteiger partial charge in [-0.25, -0.2) is 0 Å². The van der Waals surface area contributed by atoms with Crippen LogP contribution in [-0.4, -0.2) is 39.7 Å². The molecule has 3 unspecified atom stereocenters. The number of hydrogen-bond acceptors (Lipinski definition) is 3. The molecule has 0 spiro atoms. The minimum absolute atomic E-state index is 0.133. The van der Waals surface area contributed by atoms with E-state index < -0.39 is 18.1 Å². The molecule has 0 aliphatic carbocycles. The summed E-state index contributed by atoms with van der Waals surface area (Å²) in [6.45, 7) is 2.74. The van der Waals surface area contributed by atoms with Crippen molar-refractivity contribution in [2.24, 2.45) is 0 Å². The average Bonchev–Trinajstić information content (AvgIpc) is 2.90. The highest BCUT2D eigenvalue weighted by molar-refractivity contribution is 5.73. The van der Waals surface area contributed by atoms with Crippen molar-refractivity contribution in [2.45, 2.75) is 44.4 Å². The number of aliphatic carboxylic acids is 1. The Bertz CT molecular complexity index is 421. The number of aliphatic hydroxyl groups is 1. The molecule has 0 bridgehead atoms.